The quantitative estimate of drug-likeness (QED) is 0.502. The molecule has 0 bridgehead atoms. The summed E-state index contributed by atoms with van der Waals surface area (Å²) in [5, 5.41) is 1.27. The smallest absolute Gasteiger partial charge is 0.146 e. The van der Waals surface area contributed by atoms with Crippen molar-refractivity contribution in [2.24, 2.45) is 7.05 Å². The minimum atomic E-state index is -1.66. The molecular weight excluding hydrogens is 282 g/mol. The molecule has 0 atom stereocenters. The Morgan fingerprint density at radius 1 is 0.909 bits per heavy atom. The highest BCUT2D eigenvalue weighted by atomic mass is 28.3. The standard InChI is InChI=1S/C20H29NSi/c1-15(2)22(16(3)4,17(5)6)13-12-18-14-21(7)20-11-9-8-10-19(18)20/h8-11,14-17H,1-7H3. The molecule has 2 heteroatoms. The van der Waals surface area contributed by atoms with Crippen LogP contribution in [0.5, 0.6) is 0 Å². The SMILES string of the molecule is CC(C)[Si](C#Cc1cn(C)c2ccccc12)(C(C)C)C(C)C. The summed E-state index contributed by atoms with van der Waals surface area (Å²) in [6.45, 7) is 14.2. The molecule has 22 heavy (non-hydrogen) atoms. The summed E-state index contributed by atoms with van der Waals surface area (Å²) in [7, 11) is 0.444. The van der Waals surface area contributed by atoms with Gasteiger partial charge in [-0.1, -0.05) is 65.7 Å². The third-order valence-electron chi connectivity index (χ3n) is 5.18. The van der Waals surface area contributed by atoms with E-state index in [1.807, 2.05) is 0 Å². The normalized spacial score (nSPS) is 12.3. The predicted octanol–water partition coefficient (Wildman–Crippen LogP) is 5.75. The molecule has 1 heterocycles. The van der Waals surface area contributed by atoms with Crippen molar-refractivity contribution in [2.75, 3.05) is 0 Å². The molecule has 1 nitrogen and oxygen atoms in total. The first kappa shape index (κ1) is 16.9. The Bertz CT molecular complexity index is 688. The molecular formula is C20H29NSi. The Balaban J connectivity index is 2.58. The molecule has 0 radical (unpaired) electrons. The molecule has 2 rings (SSSR count). The molecule has 0 saturated carbocycles. The Labute approximate surface area is 136 Å². The number of benzene rings is 1. The van der Waals surface area contributed by atoms with Crippen LogP contribution in [0.15, 0.2) is 30.5 Å². The van der Waals surface area contributed by atoms with Crippen LogP contribution in [0, 0.1) is 11.5 Å². The van der Waals surface area contributed by atoms with Gasteiger partial charge in [-0.15, -0.1) is 5.54 Å². The summed E-state index contributed by atoms with van der Waals surface area (Å²) < 4.78 is 2.18. The van der Waals surface area contributed by atoms with E-state index in [-0.39, 0.29) is 0 Å². The highest BCUT2D eigenvalue weighted by Crippen LogP contribution is 2.40. The monoisotopic (exact) mass is 311 g/mol. The highest BCUT2D eigenvalue weighted by molar-refractivity contribution is 6.90. The summed E-state index contributed by atoms with van der Waals surface area (Å²) in [4.78, 5) is 0. The average Bonchev–Trinajstić information content (AvgIpc) is 2.76. The third-order valence-corrected chi connectivity index (χ3v) is 11.5. The Kier molecular flexibility index (Phi) is 4.87. The van der Waals surface area contributed by atoms with Crippen molar-refractivity contribution in [1.29, 1.82) is 0 Å². The molecule has 0 fully saturated rings. The van der Waals surface area contributed by atoms with Crippen molar-refractivity contribution in [1.82, 2.24) is 4.57 Å². The van der Waals surface area contributed by atoms with Crippen molar-refractivity contribution in [3.63, 3.8) is 0 Å². The molecule has 0 N–H and O–H groups in total. The first-order chi connectivity index (χ1) is 10.3. The van der Waals surface area contributed by atoms with Gasteiger partial charge < -0.3 is 4.57 Å². The van der Waals surface area contributed by atoms with Gasteiger partial charge in [0.15, 0.2) is 0 Å². The van der Waals surface area contributed by atoms with E-state index in [1.54, 1.807) is 0 Å². The van der Waals surface area contributed by atoms with Gasteiger partial charge in [0.05, 0.1) is 0 Å². The minimum Gasteiger partial charge on any atom is -0.349 e. The summed E-state index contributed by atoms with van der Waals surface area (Å²) in [6, 6.07) is 8.54. The van der Waals surface area contributed by atoms with E-state index >= 15 is 0 Å². The van der Waals surface area contributed by atoms with Crippen LogP contribution in [0.4, 0.5) is 0 Å². The maximum atomic E-state index is 3.83. The molecule has 0 saturated heterocycles. The van der Waals surface area contributed by atoms with Gasteiger partial charge in [-0.25, -0.2) is 0 Å². The number of hydrogen-bond acceptors (Lipinski definition) is 0. The fourth-order valence-corrected chi connectivity index (χ4v) is 9.27. The fraction of sp³-hybridized carbons (Fsp3) is 0.500. The van der Waals surface area contributed by atoms with E-state index in [0.29, 0.717) is 16.6 Å². The van der Waals surface area contributed by atoms with Crippen molar-refractivity contribution >= 4 is 19.0 Å². The first-order valence-corrected chi connectivity index (χ1v) is 10.6. The van der Waals surface area contributed by atoms with Crippen LogP contribution < -0.4 is 0 Å². The van der Waals surface area contributed by atoms with Crippen molar-refractivity contribution < 1.29 is 0 Å². The molecule has 0 unspecified atom stereocenters. The first-order valence-electron chi connectivity index (χ1n) is 8.38. The second-order valence-corrected chi connectivity index (χ2v) is 12.9. The molecule has 1 aromatic carbocycles. The average molecular weight is 312 g/mol. The molecule has 0 aliphatic carbocycles. The van der Waals surface area contributed by atoms with Gasteiger partial charge in [0.25, 0.3) is 0 Å². The van der Waals surface area contributed by atoms with E-state index < -0.39 is 8.07 Å². The minimum absolute atomic E-state index is 0.676. The predicted molar refractivity (Wildman–Crippen MR) is 101 cm³/mol. The maximum absolute atomic E-state index is 3.83. The van der Waals surface area contributed by atoms with E-state index in [0.717, 1.165) is 0 Å². The third kappa shape index (κ3) is 2.75. The van der Waals surface area contributed by atoms with Gasteiger partial charge in [-0.05, 0) is 22.7 Å². The zero-order chi connectivity index (χ0) is 16.5. The second-order valence-electron chi connectivity index (χ2n) is 7.32. The molecule has 2 aromatic rings. The van der Waals surface area contributed by atoms with Gasteiger partial charge in [0, 0.05) is 29.7 Å². The van der Waals surface area contributed by atoms with Crippen molar-refractivity contribution in [3.8, 4) is 11.5 Å². The fourth-order valence-electron chi connectivity index (χ4n) is 4.05. The zero-order valence-electron chi connectivity index (χ0n) is 15.1. The largest absolute Gasteiger partial charge is 0.349 e. The lowest BCUT2D eigenvalue weighted by molar-refractivity contribution is 0.838. The lowest BCUT2D eigenvalue weighted by Crippen LogP contribution is -2.43. The number of aromatic nitrogens is 1. The lowest BCUT2D eigenvalue weighted by Gasteiger charge is -2.38. The number of nitrogens with zero attached hydrogens (tertiary/aromatic N) is 1. The zero-order valence-corrected chi connectivity index (χ0v) is 16.1. The summed E-state index contributed by atoms with van der Waals surface area (Å²) in [5.41, 5.74) is 8.30. The van der Waals surface area contributed by atoms with E-state index in [4.69, 9.17) is 0 Å². The molecule has 0 aliphatic rings. The van der Waals surface area contributed by atoms with E-state index in [9.17, 15) is 0 Å². The Hall–Kier alpha value is -1.46. The number of fused-ring (bicyclic) bond motifs is 1. The van der Waals surface area contributed by atoms with Gasteiger partial charge in [-0.2, -0.15) is 0 Å². The molecule has 1 aromatic heterocycles. The van der Waals surface area contributed by atoms with E-state index in [1.165, 1.54) is 16.5 Å². The number of hydrogen-bond donors (Lipinski definition) is 0. The number of para-hydroxylation sites is 1. The molecule has 0 aliphatic heterocycles. The van der Waals surface area contributed by atoms with Crippen LogP contribution in [0.2, 0.25) is 16.6 Å². The topological polar surface area (TPSA) is 4.93 Å². The van der Waals surface area contributed by atoms with Crippen LogP contribution in [0.25, 0.3) is 10.9 Å². The summed E-state index contributed by atoms with van der Waals surface area (Å²) in [6.07, 6.45) is 2.18. The summed E-state index contributed by atoms with van der Waals surface area (Å²) in [5.74, 6) is 3.58. The highest BCUT2D eigenvalue weighted by Gasteiger charge is 2.41. The molecule has 0 amide bonds. The molecule has 0 spiro atoms. The van der Waals surface area contributed by atoms with Gasteiger partial charge in [0.2, 0.25) is 0 Å². The van der Waals surface area contributed by atoms with Gasteiger partial charge in [0.1, 0.15) is 8.07 Å². The number of aryl methyl sites for hydroxylation is 1. The van der Waals surface area contributed by atoms with Crippen LogP contribution in [0.1, 0.15) is 47.1 Å². The van der Waals surface area contributed by atoms with Crippen LogP contribution in [-0.4, -0.2) is 12.6 Å². The maximum Gasteiger partial charge on any atom is 0.146 e. The van der Waals surface area contributed by atoms with E-state index in [2.05, 4.69) is 95.1 Å². The van der Waals surface area contributed by atoms with Gasteiger partial charge >= 0.3 is 0 Å². The van der Waals surface area contributed by atoms with Crippen LogP contribution >= 0.6 is 0 Å². The summed E-state index contributed by atoms with van der Waals surface area (Å²) >= 11 is 0. The molecule has 118 valence electrons. The Morgan fingerprint density at radius 3 is 2.00 bits per heavy atom. The van der Waals surface area contributed by atoms with Crippen molar-refractivity contribution in [2.45, 2.75) is 58.2 Å². The Morgan fingerprint density at radius 2 is 1.45 bits per heavy atom. The van der Waals surface area contributed by atoms with Gasteiger partial charge in [-0.3, -0.25) is 0 Å². The number of rotatable bonds is 3. The van der Waals surface area contributed by atoms with Crippen molar-refractivity contribution in [3.05, 3.63) is 36.0 Å². The van der Waals surface area contributed by atoms with Crippen LogP contribution in [0.3, 0.4) is 0 Å². The lowest BCUT2D eigenvalue weighted by atomic mass is 10.2. The van der Waals surface area contributed by atoms with Crippen LogP contribution in [-0.2, 0) is 7.05 Å². The second kappa shape index (κ2) is 6.34.